The van der Waals surface area contributed by atoms with Crippen LogP contribution in [0.2, 0.25) is 0 Å². The molecule has 16 heavy (non-hydrogen) atoms. The third kappa shape index (κ3) is 4.81. The van der Waals surface area contributed by atoms with Gasteiger partial charge in [0.05, 0.1) is 0 Å². The second-order valence-corrected chi connectivity index (χ2v) is 4.89. The molecule has 0 aromatic carbocycles. The molecule has 1 N–H and O–H groups in total. The maximum absolute atomic E-state index is 5.48. The molecule has 0 saturated carbocycles. The smallest absolute Gasteiger partial charge is 0.0471 e. The Bertz CT molecular complexity index is 155. The highest BCUT2D eigenvalue weighted by atomic mass is 16.5. The summed E-state index contributed by atoms with van der Waals surface area (Å²) in [6.07, 6.45) is 6.05. The molecule has 3 nitrogen and oxygen atoms in total. The second kappa shape index (κ2) is 8.04. The van der Waals surface area contributed by atoms with Gasteiger partial charge in [-0.1, -0.05) is 6.92 Å². The zero-order valence-corrected chi connectivity index (χ0v) is 10.9. The van der Waals surface area contributed by atoms with Gasteiger partial charge in [0.25, 0.3) is 0 Å². The average molecular weight is 229 g/mol. The van der Waals surface area contributed by atoms with Crippen molar-refractivity contribution in [1.29, 1.82) is 0 Å². The zero-order chi connectivity index (χ0) is 11.7. The molecule has 0 amide bonds. The van der Waals surface area contributed by atoms with E-state index in [-0.39, 0.29) is 0 Å². The van der Waals surface area contributed by atoms with E-state index in [0.29, 0.717) is 5.41 Å². The van der Waals surface area contributed by atoms with Crippen LogP contribution < -0.4 is 5.32 Å². The van der Waals surface area contributed by atoms with E-state index < -0.39 is 0 Å². The van der Waals surface area contributed by atoms with Gasteiger partial charge in [-0.2, -0.15) is 0 Å². The first-order chi connectivity index (χ1) is 7.83. The number of methoxy groups -OCH3 is 1. The van der Waals surface area contributed by atoms with Crippen molar-refractivity contribution < 1.29 is 9.47 Å². The summed E-state index contributed by atoms with van der Waals surface area (Å²) in [5.74, 6) is 0. The number of ether oxygens (including phenoxy) is 2. The Hall–Kier alpha value is -0.120. The summed E-state index contributed by atoms with van der Waals surface area (Å²) in [6.45, 7) is 7.24. The number of hydrogen-bond acceptors (Lipinski definition) is 3. The van der Waals surface area contributed by atoms with Crippen molar-refractivity contribution in [1.82, 2.24) is 5.32 Å². The molecule has 0 aromatic heterocycles. The van der Waals surface area contributed by atoms with Crippen molar-refractivity contribution >= 4 is 0 Å². The fourth-order valence-electron chi connectivity index (χ4n) is 2.44. The van der Waals surface area contributed by atoms with Crippen molar-refractivity contribution in [3.05, 3.63) is 0 Å². The molecular formula is C13H27NO2. The van der Waals surface area contributed by atoms with Gasteiger partial charge in [0.15, 0.2) is 0 Å². The normalized spacial score (nSPS) is 19.9. The van der Waals surface area contributed by atoms with Gasteiger partial charge < -0.3 is 14.8 Å². The highest BCUT2D eigenvalue weighted by molar-refractivity contribution is 4.84. The molecule has 1 saturated heterocycles. The molecular weight excluding hydrogens is 202 g/mol. The molecule has 96 valence electrons. The summed E-state index contributed by atoms with van der Waals surface area (Å²) in [6, 6.07) is 0. The lowest BCUT2D eigenvalue weighted by Crippen LogP contribution is -2.39. The Morgan fingerprint density at radius 2 is 2.06 bits per heavy atom. The Morgan fingerprint density at radius 1 is 1.31 bits per heavy atom. The van der Waals surface area contributed by atoms with Gasteiger partial charge in [-0.25, -0.2) is 0 Å². The monoisotopic (exact) mass is 229 g/mol. The van der Waals surface area contributed by atoms with Crippen LogP contribution in [-0.4, -0.2) is 40.0 Å². The van der Waals surface area contributed by atoms with E-state index >= 15 is 0 Å². The largest absolute Gasteiger partial charge is 0.385 e. The summed E-state index contributed by atoms with van der Waals surface area (Å²) < 4.78 is 10.6. The lowest BCUT2D eigenvalue weighted by molar-refractivity contribution is 0.00639. The predicted molar refractivity (Wildman–Crippen MR) is 66.8 cm³/mol. The average Bonchev–Trinajstić information content (AvgIpc) is 2.31. The minimum absolute atomic E-state index is 0.464. The minimum Gasteiger partial charge on any atom is -0.385 e. The maximum Gasteiger partial charge on any atom is 0.0471 e. The van der Waals surface area contributed by atoms with Crippen LogP contribution in [0.5, 0.6) is 0 Å². The van der Waals surface area contributed by atoms with Crippen molar-refractivity contribution in [2.75, 3.05) is 40.0 Å². The molecule has 0 aliphatic carbocycles. The fraction of sp³-hybridized carbons (Fsp3) is 1.00. The van der Waals surface area contributed by atoms with E-state index in [0.717, 1.165) is 32.9 Å². The van der Waals surface area contributed by atoms with E-state index in [9.17, 15) is 0 Å². The quantitative estimate of drug-likeness (QED) is 0.647. The molecule has 0 aromatic rings. The molecule has 0 unspecified atom stereocenters. The molecule has 0 atom stereocenters. The molecule has 1 rings (SSSR count). The van der Waals surface area contributed by atoms with Crippen molar-refractivity contribution in [3.63, 3.8) is 0 Å². The molecule has 3 heteroatoms. The van der Waals surface area contributed by atoms with Gasteiger partial charge in [0.2, 0.25) is 0 Å². The van der Waals surface area contributed by atoms with Crippen molar-refractivity contribution in [2.24, 2.45) is 5.41 Å². The first kappa shape index (κ1) is 13.9. The van der Waals surface area contributed by atoms with Crippen LogP contribution in [0, 0.1) is 5.41 Å². The highest BCUT2D eigenvalue weighted by Gasteiger charge is 2.31. The lowest BCUT2D eigenvalue weighted by atomic mass is 9.76. The Kier molecular flexibility index (Phi) is 7.01. The molecule has 1 fully saturated rings. The van der Waals surface area contributed by atoms with Gasteiger partial charge in [0, 0.05) is 33.5 Å². The first-order valence-electron chi connectivity index (χ1n) is 6.60. The van der Waals surface area contributed by atoms with Gasteiger partial charge in [-0.05, 0) is 44.1 Å². The summed E-state index contributed by atoms with van der Waals surface area (Å²) in [7, 11) is 1.78. The van der Waals surface area contributed by atoms with Crippen LogP contribution in [0.15, 0.2) is 0 Å². The molecule has 0 spiro atoms. The zero-order valence-electron chi connectivity index (χ0n) is 10.9. The molecule has 1 aliphatic heterocycles. The third-order valence-corrected chi connectivity index (χ3v) is 3.54. The summed E-state index contributed by atoms with van der Waals surface area (Å²) in [5, 5.41) is 3.58. The highest BCUT2D eigenvalue weighted by Crippen LogP contribution is 2.34. The fourth-order valence-corrected chi connectivity index (χ4v) is 2.44. The van der Waals surface area contributed by atoms with Crippen LogP contribution >= 0.6 is 0 Å². The van der Waals surface area contributed by atoms with E-state index in [4.69, 9.17) is 9.47 Å². The lowest BCUT2D eigenvalue weighted by Gasteiger charge is -2.37. The van der Waals surface area contributed by atoms with Crippen molar-refractivity contribution in [2.45, 2.75) is 39.0 Å². The number of hydrogen-bond donors (Lipinski definition) is 1. The summed E-state index contributed by atoms with van der Waals surface area (Å²) >= 11 is 0. The topological polar surface area (TPSA) is 30.5 Å². The van der Waals surface area contributed by atoms with E-state index in [1.54, 1.807) is 7.11 Å². The summed E-state index contributed by atoms with van der Waals surface area (Å²) in [4.78, 5) is 0. The van der Waals surface area contributed by atoms with E-state index in [1.165, 1.54) is 32.1 Å². The van der Waals surface area contributed by atoms with Crippen LogP contribution in [0.25, 0.3) is 0 Å². The Labute approximate surface area is 99.9 Å². The van der Waals surface area contributed by atoms with Crippen LogP contribution in [0.3, 0.4) is 0 Å². The maximum atomic E-state index is 5.48. The van der Waals surface area contributed by atoms with Gasteiger partial charge in [-0.3, -0.25) is 0 Å². The number of nitrogens with one attached hydrogen (secondary N) is 1. The van der Waals surface area contributed by atoms with E-state index in [2.05, 4.69) is 12.2 Å². The van der Waals surface area contributed by atoms with Gasteiger partial charge in [0.1, 0.15) is 0 Å². The van der Waals surface area contributed by atoms with Crippen LogP contribution in [0.4, 0.5) is 0 Å². The first-order valence-corrected chi connectivity index (χ1v) is 6.60. The second-order valence-electron chi connectivity index (χ2n) is 4.89. The summed E-state index contributed by atoms with van der Waals surface area (Å²) in [5.41, 5.74) is 0.464. The molecule has 1 aliphatic rings. The third-order valence-electron chi connectivity index (χ3n) is 3.54. The SMILES string of the molecule is CCCNCC1(CCCOC)CCOCC1. The standard InChI is InChI=1S/C13H27NO2/c1-3-8-14-12-13(5-4-9-15-2)6-10-16-11-7-13/h14H,3-12H2,1-2H3. The van der Waals surface area contributed by atoms with Crippen LogP contribution in [-0.2, 0) is 9.47 Å². The van der Waals surface area contributed by atoms with Gasteiger partial charge >= 0.3 is 0 Å². The minimum atomic E-state index is 0.464. The van der Waals surface area contributed by atoms with Crippen LogP contribution in [0.1, 0.15) is 39.0 Å². The molecule has 1 heterocycles. The molecule has 0 radical (unpaired) electrons. The van der Waals surface area contributed by atoms with Gasteiger partial charge in [-0.15, -0.1) is 0 Å². The Morgan fingerprint density at radius 3 is 2.69 bits per heavy atom. The molecule has 0 bridgehead atoms. The van der Waals surface area contributed by atoms with Crippen molar-refractivity contribution in [3.8, 4) is 0 Å². The Balaban J connectivity index is 2.33. The van der Waals surface area contributed by atoms with E-state index in [1.807, 2.05) is 0 Å². The predicted octanol–water partition coefficient (Wildman–Crippen LogP) is 2.21. The number of rotatable bonds is 8.